The van der Waals surface area contributed by atoms with Crippen LogP contribution in [0, 0.1) is 0 Å². The van der Waals surface area contributed by atoms with Crippen LogP contribution in [0.1, 0.15) is 31.4 Å². The molecule has 0 aliphatic carbocycles. The number of amides is 1. The molecule has 12 nitrogen and oxygen atoms in total. The van der Waals surface area contributed by atoms with Crippen molar-refractivity contribution in [1.82, 2.24) is 33.9 Å². The Hall–Kier alpha value is -2.91. The third-order valence-electron chi connectivity index (χ3n) is 7.94. The number of carbonyl (C=O) groups excluding carboxylic acids is 1. The van der Waals surface area contributed by atoms with E-state index in [-0.39, 0.29) is 36.1 Å². The molecule has 0 saturated carbocycles. The molecule has 208 valence electrons. The second-order valence-electron chi connectivity index (χ2n) is 10.6. The lowest BCUT2D eigenvalue weighted by atomic mass is 9.84. The van der Waals surface area contributed by atoms with Gasteiger partial charge in [0.2, 0.25) is 15.9 Å². The SMILES string of the molecule is Cn1cc(-c2ccc3c(c2)OCCC2(CCN(Cc4csnn4)CC2)NC(=O)[C@@H]2C[C@@H](O)CN2S3(=O)=O)cn1. The molecular formula is C25H31N7O5S2. The van der Waals surface area contributed by atoms with Gasteiger partial charge in [0.05, 0.1) is 24.6 Å². The number of likely N-dealkylation sites (tertiary alicyclic amines) is 1. The van der Waals surface area contributed by atoms with E-state index >= 15 is 0 Å². The second-order valence-corrected chi connectivity index (χ2v) is 13.1. The van der Waals surface area contributed by atoms with Gasteiger partial charge < -0.3 is 15.2 Å². The summed E-state index contributed by atoms with van der Waals surface area (Å²) >= 11 is 1.33. The van der Waals surface area contributed by atoms with Crippen LogP contribution in [-0.4, -0.2) is 91.9 Å². The van der Waals surface area contributed by atoms with E-state index in [0.717, 1.165) is 34.2 Å². The van der Waals surface area contributed by atoms with Crippen LogP contribution >= 0.6 is 11.5 Å². The van der Waals surface area contributed by atoms with Gasteiger partial charge in [-0.3, -0.25) is 14.4 Å². The summed E-state index contributed by atoms with van der Waals surface area (Å²) in [4.78, 5) is 15.9. The number of aliphatic hydroxyl groups is 1. The highest BCUT2D eigenvalue weighted by atomic mass is 32.2. The fourth-order valence-corrected chi connectivity index (χ4v) is 7.95. The first-order chi connectivity index (χ1) is 18.7. The molecule has 1 aromatic carbocycles. The van der Waals surface area contributed by atoms with E-state index in [2.05, 4.69) is 24.9 Å². The average Bonchev–Trinajstić information content (AvgIpc) is 3.67. The van der Waals surface area contributed by atoms with Crippen molar-refractivity contribution in [2.75, 3.05) is 26.2 Å². The Balaban J connectivity index is 1.32. The van der Waals surface area contributed by atoms with E-state index in [4.69, 9.17) is 4.74 Å². The maximum Gasteiger partial charge on any atom is 0.247 e. The molecule has 1 amide bonds. The van der Waals surface area contributed by atoms with Gasteiger partial charge >= 0.3 is 0 Å². The summed E-state index contributed by atoms with van der Waals surface area (Å²) in [6, 6.07) is 3.96. The van der Waals surface area contributed by atoms with Gasteiger partial charge in [0, 0.05) is 68.7 Å². The van der Waals surface area contributed by atoms with E-state index in [1.165, 1.54) is 17.6 Å². The average molecular weight is 574 g/mol. The third-order valence-corrected chi connectivity index (χ3v) is 10.4. The Morgan fingerprint density at radius 1 is 1.23 bits per heavy atom. The zero-order valence-electron chi connectivity index (χ0n) is 21.6. The quantitative estimate of drug-likeness (QED) is 0.469. The summed E-state index contributed by atoms with van der Waals surface area (Å²) in [5.41, 5.74) is 1.98. The molecule has 39 heavy (non-hydrogen) atoms. The van der Waals surface area contributed by atoms with E-state index in [9.17, 15) is 18.3 Å². The number of carbonyl (C=O) groups is 1. The first-order valence-corrected chi connectivity index (χ1v) is 15.3. The Morgan fingerprint density at radius 3 is 2.77 bits per heavy atom. The minimum atomic E-state index is -4.13. The van der Waals surface area contributed by atoms with Crippen LogP contribution in [0.15, 0.2) is 40.9 Å². The smallest absolute Gasteiger partial charge is 0.247 e. The molecule has 2 saturated heterocycles. The molecule has 3 aromatic rings. The van der Waals surface area contributed by atoms with Crippen molar-refractivity contribution in [2.24, 2.45) is 7.05 Å². The lowest BCUT2D eigenvalue weighted by molar-refractivity contribution is -0.127. The van der Waals surface area contributed by atoms with Crippen LogP contribution in [0.3, 0.4) is 0 Å². The Labute approximate surface area is 230 Å². The molecule has 14 heteroatoms. The van der Waals surface area contributed by atoms with Gasteiger partial charge in [0.25, 0.3) is 0 Å². The molecule has 5 heterocycles. The number of aromatic nitrogens is 4. The van der Waals surface area contributed by atoms with Crippen LogP contribution in [0.5, 0.6) is 5.75 Å². The molecule has 2 aromatic heterocycles. The number of nitrogens with one attached hydrogen (secondary N) is 1. The molecule has 3 aliphatic heterocycles. The zero-order valence-corrected chi connectivity index (χ0v) is 23.2. The molecule has 3 aliphatic rings. The van der Waals surface area contributed by atoms with Crippen molar-refractivity contribution in [3.63, 3.8) is 0 Å². The van der Waals surface area contributed by atoms with E-state index < -0.39 is 27.7 Å². The maximum atomic E-state index is 13.9. The van der Waals surface area contributed by atoms with Crippen molar-refractivity contribution >= 4 is 27.5 Å². The molecule has 0 bridgehead atoms. The van der Waals surface area contributed by atoms with Crippen LogP contribution in [0.25, 0.3) is 11.1 Å². The highest BCUT2D eigenvalue weighted by molar-refractivity contribution is 7.89. The van der Waals surface area contributed by atoms with E-state index in [0.29, 0.717) is 25.8 Å². The topological polar surface area (TPSA) is 143 Å². The van der Waals surface area contributed by atoms with Crippen molar-refractivity contribution < 1.29 is 23.1 Å². The van der Waals surface area contributed by atoms with E-state index in [1.54, 1.807) is 23.0 Å². The number of sulfonamides is 1. The van der Waals surface area contributed by atoms with Crippen LogP contribution in [0.4, 0.5) is 0 Å². The summed E-state index contributed by atoms with van der Waals surface area (Å²) in [6.45, 7) is 2.28. The highest BCUT2D eigenvalue weighted by Gasteiger charge is 2.47. The molecule has 0 radical (unpaired) electrons. The maximum absolute atomic E-state index is 13.9. The predicted molar refractivity (Wildman–Crippen MR) is 142 cm³/mol. The van der Waals surface area contributed by atoms with Gasteiger partial charge in [0.1, 0.15) is 16.7 Å². The molecule has 2 atom stereocenters. The largest absolute Gasteiger partial charge is 0.492 e. The highest BCUT2D eigenvalue weighted by Crippen LogP contribution is 2.37. The zero-order chi connectivity index (χ0) is 27.2. The number of hydrogen-bond acceptors (Lipinski definition) is 10. The molecular weight excluding hydrogens is 542 g/mol. The number of rotatable bonds is 3. The van der Waals surface area contributed by atoms with Crippen LogP contribution < -0.4 is 10.1 Å². The van der Waals surface area contributed by atoms with Crippen molar-refractivity contribution in [3.8, 4) is 16.9 Å². The molecule has 1 spiro atoms. The summed E-state index contributed by atoms with van der Waals surface area (Å²) < 4.78 is 40.7. The van der Waals surface area contributed by atoms with Crippen molar-refractivity contribution in [3.05, 3.63) is 41.7 Å². The summed E-state index contributed by atoms with van der Waals surface area (Å²) in [7, 11) is -2.31. The number of nitrogens with zero attached hydrogens (tertiary/aromatic N) is 6. The van der Waals surface area contributed by atoms with Crippen molar-refractivity contribution in [2.45, 2.75) is 54.8 Å². The minimum absolute atomic E-state index is 0.00955. The van der Waals surface area contributed by atoms with Crippen LogP contribution in [-0.2, 0) is 28.4 Å². The summed E-state index contributed by atoms with van der Waals surface area (Å²) in [5.74, 6) is -0.142. The molecule has 2 fully saturated rings. The Bertz CT molecular complexity index is 1450. The van der Waals surface area contributed by atoms with Crippen molar-refractivity contribution in [1.29, 1.82) is 0 Å². The second kappa shape index (κ2) is 10.2. The fraction of sp³-hybridized carbons (Fsp3) is 0.520. The summed E-state index contributed by atoms with van der Waals surface area (Å²) in [5, 5.41) is 23.9. The molecule has 0 unspecified atom stereocenters. The van der Waals surface area contributed by atoms with Gasteiger partial charge in [-0.05, 0) is 42.1 Å². The standard InChI is InChI=1S/C25H31N7O5S2/c1-30-13-18(12-26-30)17-2-3-23-22(10-17)37-9-6-25(4-7-31(8-5-25)14-19-16-38-29-28-19)27-24(34)21-11-20(33)15-32(21)39(23,35)36/h2-3,10,12-13,16,20-21,33H,4-9,11,14-15H2,1H3,(H,27,34)/t20-,21+/m1/s1. The Morgan fingerprint density at radius 2 is 2.05 bits per heavy atom. The van der Waals surface area contributed by atoms with Gasteiger partial charge in [0.15, 0.2) is 0 Å². The number of benzene rings is 1. The molecule has 6 rings (SSSR count). The monoisotopic (exact) mass is 573 g/mol. The van der Waals surface area contributed by atoms with Crippen LogP contribution in [0.2, 0.25) is 0 Å². The number of ether oxygens (including phenoxy) is 1. The molecule has 2 N–H and O–H groups in total. The third kappa shape index (κ3) is 5.18. The first-order valence-electron chi connectivity index (χ1n) is 13.0. The lowest BCUT2D eigenvalue weighted by Crippen LogP contribution is -2.59. The minimum Gasteiger partial charge on any atom is -0.492 e. The predicted octanol–water partition coefficient (Wildman–Crippen LogP) is 0.996. The van der Waals surface area contributed by atoms with Gasteiger partial charge in [-0.25, -0.2) is 8.42 Å². The number of fused-ring (bicyclic) bond motifs is 2. The number of aryl methyl sites for hydroxylation is 1. The fourth-order valence-electron chi connectivity index (χ4n) is 5.76. The first kappa shape index (κ1) is 26.3. The lowest BCUT2D eigenvalue weighted by Gasteiger charge is -2.43. The van der Waals surface area contributed by atoms with Gasteiger partial charge in [-0.2, -0.15) is 9.40 Å². The normalized spacial score (nSPS) is 25.3. The summed E-state index contributed by atoms with van der Waals surface area (Å²) in [6.07, 6.45) is 4.57. The number of hydrogen-bond donors (Lipinski definition) is 2. The van der Waals surface area contributed by atoms with Gasteiger partial charge in [-0.1, -0.05) is 10.6 Å². The van der Waals surface area contributed by atoms with E-state index in [1.807, 2.05) is 18.6 Å². The number of aliphatic hydroxyl groups excluding tert-OH is 1. The number of piperidine rings is 1. The Kier molecular flexibility index (Phi) is 6.91. The van der Waals surface area contributed by atoms with Gasteiger partial charge in [-0.15, -0.1) is 5.10 Å².